The van der Waals surface area contributed by atoms with Crippen LogP contribution in [0.25, 0.3) is 0 Å². The van der Waals surface area contributed by atoms with Crippen LogP contribution in [0.2, 0.25) is 0 Å². The zero-order valence-corrected chi connectivity index (χ0v) is 14.3. The van der Waals surface area contributed by atoms with Crippen LogP contribution in [0, 0.1) is 17.8 Å². The van der Waals surface area contributed by atoms with Crippen LogP contribution in [0.15, 0.2) is 11.3 Å². The molecule has 0 bridgehead atoms. The Bertz CT molecular complexity index is 441. The first kappa shape index (κ1) is 18.0. The number of hydrogen-bond donors (Lipinski definition) is 1. The maximum absolute atomic E-state index is 11.7. The van der Waals surface area contributed by atoms with Gasteiger partial charge in [0.25, 0.3) is 0 Å². The molecule has 4 nitrogen and oxygen atoms in total. The molecule has 0 aromatic carbocycles. The Morgan fingerprint density at radius 2 is 1.96 bits per heavy atom. The predicted molar refractivity (Wildman–Crippen MR) is 89.0 cm³/mol. The van der Waals surface area contributed by atoms with Crippen LogP contribution < -0.4 is 0 Å². The lowest BCUT2D eigenvalue weighted by Gasteiger charge is -2.13. The van der Waals surface area contributed by atoms with Crippen molar-refractivity contribution in [3.63, 3.8) is 0 Å². The molecule has 0 aromatic rings. The molecule has 1 N–H and O–H groups in total. The number of unbranched alkanes of at least 4 members (excludes halogenated alkanes) is 3. The second-order valence-electron chi connectivity index (χ2n) is 7.07. The van der Waals surface area contributed by atoms with Crippen molar-refractivity contribution in [3.05, 3.63) is 11.3 Å². The highest BCUT2D eigenvalue weighted by Gasteiger charge is 2.35. The quantitative estimate of drug-likeness (QED) is 0.330. The molecule has 4 heteroatoms. The van der Waals surface area contributed by atoms with Gasteiger partial charge in [0.15, 0.2) is 0 Å². The number of cyclic esters (lactones) is 1. The summed E-state index contributed by atoms with van der Waals surface area (Å²) in [6.45, 7) is 2.21. The molecule has 1 fully saturated rings. The average molecular weight is 322 g/mol. The molecule has 0 amide bonds. The van der Waals surface area contributed by atoms with Crippen LogP contribution in [-0.4, -0.2) is 24.0 Å². The van der Waals surface area contributed by atoms with Gasteiger partial charge in [-0.05, 0) is 24.7 Å². The molecule has 1 aliphatic carbocycles. The van der Waals surface area contributed by atoms with Gasteiger partial charge in [-0.3, -0.25) is 0 Å². The van der Waals surface area contributed by atoms with Gasteiger partial charge >= 0.3 is 5.97 Å². The highest BCUT2D eigenvalue weighted by atomic mass is 16.5. The van der Waals surface area contributed by atoms with Crippen molar-refractivity contribution in [1.82, 2.24) is 0 Å². The van der Waals surface area contributed by atoms with Gasteiger partial charge in [-0.2, -0.15) is 0 Å². The van der Waals surface area contributed by atoms with E-state index in [-0.39, 0.29) is 24.7 Å². The molecular weight excluding hydrogens is 292 g/mol. The van der Waals surface area contributed by atoms with Crippen molar-refractivity contribution >= 4 is 12.3 Å². The van der Waals surface area contributed by atoms with Crippen LogP contribution in [0.1, 0.15) is 71.1 Å². The van der Waals surface area contributed by atoms with Gasteiger partial charge < -0.3 is 14.6 Å². The lowest BCUT2D eigenvalue weighted by atomic mass is 9.90. The molecule has 23 heavy (non-hydrogen) atoms. The smallest absolute Gasteiger partial charge is 0.338 e. The van der Waals surface area contributed by atoms with E-state index in [0.717, 1.165) is 37.4 Å². The summed E-state index contributed by atoms with van der Waals surface area (Å²) in [4.78, 5) is 22.5. The summed E-state index contributed by atoms with van der Waals surface area (Å²) in [5.74, 6) is 1.31. The summed E-state index contributed by atoms with van der Waals surface area (Å²) >= 11 is 0. The van der Waals surface area contributed by atoms with E-state index in [4.69, 9.17) is 4.74 Å². The Morgan fingerprint density at radius 3 is 2.57 bits per heavy atom. The molecule has 0 aromatic heterocycles. The lowest BCUT2D eigenvalue weighted by Crippen LogP contribution is -2.12. The monoisotopic (exact) mass is 322 g/mol. The Kier molecular flexibility index (Phi) is 7.13. The third kappa shape index (κ3) is 5.36. The zero-order valence-electron chi connectivity index (χ0n) is 14.3. The van der Waals surface area contributed by atoms with Gasteiger partial charge in [-0.1, -0.05) is 51.9 Å². The minimum atomic E-state index is -0.453. The van der Waals surface area contributed by atoms with Crippen molar-refractivity contribution in [3.8, 4) is 0 Å². The van der Waals surface area contributed by atoms with Gasteiger partial charge in [-0.15, -0.1) is 0 Å². The van der Waals surface area contributed by atoms with Gasteiger partial charge in [0.05, 0.1) is 5.57 Å². The van der Waals surface area contributed by atoms with E-state index in [0.29, 0.717) is 5.57 Å². The van der Waals surface area contributed by atoms with Crippen LogP contribution >= 0.6 is 0 Å². The summed E-state index contributed by atoms with van der Waals surface area (Å²) < 4.78 is 4.84. The molecular formula is C19H30O4. The number of aliphatic hydroxyl groups excluding tert-OH is 1. The van der Waals surface area contributed by atoms with E-state index in [1.54, 1.807) is 0 Å². The van der Waals surface area contributed by atoms with Crippen LogP contribution in [0.4, 0.5) is 0 Å². The number of aliphatic hydroxyl groups is 1. The van der Waals surface area contributed by atoms with Crippen LogP contribution in [0.5, 0.6) is 0 Å². The van der Waals surface area contributed by atoms with Crippen molar-refractivity contribution in [2.24, 2.45) is 17.8 Å². The number of rotatable bonds is 12. The first-order chi connectivity index (χ1) is 11.2. The Hall–Kier alpha value is -1.32. The fraction of sp³-hybridized carbons (Fsp3) is 0.789. The standard InChI is InChI=1S/C19H30O4/c1-2-3-7-15-12-16(15)9-6-4-5-8-14(10-11-20)18-17(21)13-23-19(18)22/h11,14-16,21H,2-10,12-13H2,1H3. The number of ether oxygens (including phenoxy) is 1. The third-order valence-corrected chi connectivity index (χ3v) is 5.28. The topological polar surface area (TPSA) is 63.6 Å². The second kappa shape index (κ2) is 9.09. The molecule has 0 spiro atoms. The fourth-order valence-electron chi connectivity index (χ4n) is 3.76. The summed E-state index contributed by atoms with van der Waals surface area (Å²) in [6, 6.07) is 0. The largest absolute Gasteiger partial charge is 0.508 e. The van der Waals surface area contributed by atoms with E-state index >= 15 is 0 Å². The third-order valence-electron chi connectivity index (χ3n) is 5.28. The SMILES string of the molecule is CCCCC1CC1CCCCCC(CC=O)C1=C(O)COC1=O. The van der Waals surface area contributed by atoms with Crippen LogP contribution in [-0.2, 0) is 14.3 Å². The van der Waals surface area contributed by atoms with Gasteiger partial charge in [0.2, 0.25) is 0 Å². The molecule has 0 radical (unpaired) electrons. The Morgan fingerprint density at radius 1 is 1.22 bits per heavy atom. The van der Waals surface area contributed by atoms with Crippen LogP contribution in [0.3, 0.4) is 0 Å². The molecule has 2 aliphatic rings. The van der Waals surface area contributed by atoms with Gasteiger partial charge in [0, 0.05) is 12.3 Å². The minimum Gasteiger partial charge on any atom is -0.508 e. The Labute approximate surface area is 139 Å². The number of hydrogen-bond acceptors (Lipinski definition) is 4. The highest BCUT2D eigenvalue weighted by molar-refractivity contribution is 5.92. The molecule has 1 aliphatic heterocycles. The number of carbonyl (C=O) groups excluding carboxylic acids is 2. The van der Waals surface area contributed by atoms with Crippen molar-refractivity contribution in [2.75, 3.05) is 6.61 Å². The molecule has 0 saturated heterocycles. The average Bonchev–Trinajstić information content (AvgIpc) is 3.20. The molecule has 2 rings (SSSR count). The first-order valence-electron chi connectivity index (χ1n) is 9.20. The summed E-state index contributed by atoms with van der Waals surface area (Å²) in [5, 5.41) is 9.76. The summed E-state index contributed by atoms with van der Waals surface area (Å²) in [7, 11) is 0. The zero-order chi connectivity index (χ0) is 16.7. The summed E-state index contributed by atoms with van der Waals surface area (Å²) in [5.41, 5.74) is 0.332. The number of carbonyl (C=O) groups is 2. The van der Waals surface area contributed by atoms with Crippen molar-refractivity contribution in [2.45, 2.75) is 71.1 Å². The maximum atomic E-state index is 11.7. The van der Waals surface area contributed by atoms with Gasteiger partial charge in [-0.25, -0.2) is 4.79 Å². The van der Waals surface area contributed by atoms with Crippen molar-refractivity contribution < 1.29 is 19.4 Å². The maximum Gasteiger partial charge on any atom is 0.338 e. The summed E-state index contributed by atoms with van der Waals surface area (Å²) in [6.07, 6.45) is 12.1. The second-order valence-corrected chi connectivity index (χ2v) is 7.07. The predicted octanol–water partition coefficient (Wildman–Crippen LogP) is 4.34. The fourth-order valence-corrected chi connectivity index (χ4v) is 3.76. The number of aldehydes is 1. The van der Waals surface area contributed by atoms with Gasteiger partial charge in [0.1, 0.15) is 18.7 Å². The van der Waals surface area contributed by atoms with E-state index in [9.17, 15) is 14.7 Å². The van der Waals surface area contributed by atoms with E-state index in [2.05, 4.69) is 6.92 Å². The first-order valence-corrected chi connectivity index (χ1v) is 9.20. The normalized spacial score (nSPS) is 24.7. The lowest BCUT2D eigenvalue weighted by molar-refractivity contribution is -0.136. The number of esters is 1. The molecule has 1 saturated carbocycles. The van der Waals surface area contributed by atoms with E-state index < -0.39 is 5.97 Å². The highest BCUT2D eigenvalue weighted by Crippen LogP contribution is 2.45. The van der Waals surface area contributed by atoms with Crippen molar-refractivity contribution in [1.29, 1.82) is 0 Å². The van der Waals surface area contributed by atoms with E-state index in [1.807, 2.05) is 0 Å². The molecule has 3 atom stereocenters. The molecule has 3 unspecified atom stereocenters. The molecule has 1 heterocycles. The minimum absolute atomic E-state index is 0.0126. The Balaban J connectivity index is 1.63. The molecule has 130 valence electrons. The van der Waals surface area contributed by atoms with E-state index in [1.165, 1.54) is 38.5 Å².